The van der Waals surface area contributed by atoms with Crippen LogP contribution in [0.2, 0.25) is 0 Å². The molecule has 0 unspecified atom stereocenters. The summed E-state index contributed by atoms with van der Waals surface area (Å²) in [5.41, 5.74) is 2.42. The highest BCUT2D eigenvalue weighted by atomic mass is 16.5. The van der Waals surface area contributed by atoms with Gasteiger partial charge in [-0.3, -0.25) is 4.90 Å². The third-order valence-electron chi connectivity index (χ3n) is 7.84. The van der Waals surface area contributed by atoms with Crippen LogP contribution < -0.4 is 4.90 Å². The maximum absolute atomic E-state index is 11.8. The number of carbonyl (C=O) groups is 1. The van der Waals surface area contributed by atoms with Crippen LogP contribution in [-0.4, -0.2) is 49.7 Å². The molecule has 1 aromatic carbocycles. The number of piperazine rings is 1. The van der Waals surface area contributed by atoms with Crippen molar-refractivity contribution in [2.24, 2.45) is 23.2 Å². The molecule has 0 amide bonds. The SMILES string of the molecule is CCOC(=O)c1ccc(N2CCN([C@H]3C[C@@H]4C[C@@H]([C@H]3C)C4(C)C)CC2)cc1. The normalized spacial score (nSPS) is 32.7. The molecule has 5 rings (SSSR count). The summed E-state index contributed by atoms with van der Waals surface area (Å²) in [6, 6.07) is 8.66. The Bertz CT molecular complexity index is 676. The van der Waals surface area contributed by atoms with Gasteiger partial charge in [0.15, 0.2) is 0 Å². The minimum absolute atomic E-state index is 0.235. The van der Waals surface area contributed by atoms with Crippen molar-refractivity contribution in [2.75, 3.05) is 37.7 Å². The smallest absolute Gasteiger partial charge is 0.338 e. The number of rotatable bonds is 4. The Hall–Kier alpha value is -1.55. The maximum atomic E-state index is 11.8. The topological polar surface area (TPSA) is 32.8 Å². The van der Waals surface area contributed by atoms with Crippen molar-refractivity contribution in [1.82, 2.24) is 4.90 Å². The first-order valence-corrected chi connectivity index (χ1v) is 10.7. The fourth-order valence-corrected chi connectivity index (χ4v) is 5.94. The van der Waals surface area contributed by atoms with Crippen LogP contribution in [0.1, 0.15) is 50.9 Å². The van der Waals surface area contributed by atoms with E-state index in [2.05, 4.69) is 42.7 Å². The molecule has 0 radical (unpaired) electrons. The first kappa shape index (κ1) is 18.8. The Morgan fingerprint density at radius 2 is 1.78 bits per heavy atom. The second kappa shape index (κ2) is 7.12. The zero-order valence-corrected chi connectivity index (χ0v) is 17.3. The van der Waals surface area contributed by atoms with Crippen LogP contribution in [-0.2, 0) is 4.74 Å². The Morgan fingerprint density at radius 3 is 2.33 bits per heavy atom. The van der Waals surface area contributed by atoms with Gasteiger partial charge >= 0.3 is 5.97 Å². The molecule has 27 heavy (non-hydrogen) atoms. The Labute approximate surface area is 163 Å². The maximum Gasteiger partial charge on any atom is 0.338 e. The number of esters is 1. The molecular formula is C23H34N2O2. The first-order chi connectivity index (χ1) is 12.9. The zero-order chi connectivity index (χ0) is 19.2. The molecule has 4 heteroatoms. The summed E-state index contributed by atoms with van der Waals surface area (Å²) in [4.78, 5) is 17.0. The standard InChI is InChI=1S/C23H34N2O2/c1-5-27-22(26)17-6-8-19(9-7-17)24-10-12-25(13-11-24)21-15-18-14-20(16(21)2)23(18,3)4/h6-9,16,18,20-21H,5,10-15H2,1-4H3/t16-,18+,20+,21+/m1/s1. The van der Waals surface area contributed by atoms with E-state index in [-0.39, 0.29) is 5.97 Å². The van der Waals surface area contributed by atoms with E-state index in [1.165, 1.54) is 18.5 Å². The highest BCUT2D eigenvalue weighted by molar-refractivity contribution is 5.89. The molecule has 1 heterocycles. The van der Waals surface area contributed by atoms with Crippen LogP contribution in [0.3, 0.4) is 0 Å². The van der Waals surface area contributed by atoms with Gasteiger partial charge in [-0.2, -0.15) is 0 Å². The van der Waals surface area contributed by atoms with Crippen LogP contribution in [0, 0.1) is 23.2 Å². The molecule has 4 fully saturated rings. The van der Waals surface area contributed by atoms with Crippen molar-refractivity contribution in [2.45, 2.75) is 46.6 Å². The molecule has 1 aliphatic heterocycles. The summed E-state index contributed by atoms with van der Waals surface area (Å²) in [7, 11) is 0. The highest BCUT2D eigenvalue weighted by Crippen LogP contribution is 2.62. The molecule has 1 saturated heterocycles. The first-order valence-electron chi connectivity index (χ1n) is 10.7. The van der Waals surface area contributed by atoms with E-state index < -0.39 is 0 Å². The molecule has 148 valence electrons. The third-order valence-corrected chi connectivity index (χ3v) is 7.84. The van der Waals surface area contributed by atoms with Crippen molar-refractivity contribution in [3.05, 3.63) is 29.8 Å². The molecule has 3 aliphatic carbocycles. The van der Waals surface area contributed by atoms with E-state index in [4.69, 9.17) is 4.74 Å². The fraction of sp³-hybridized carbons (Fsp3) is 0.696. The molecule has 4 aliphatic rings. The number of hydrogen-bond donors (Lipinski definition) is 0. The molecule has 0 spiro atoms. The molecule has 2 bridgehead atoms. The van der Waals surface area contributed by atoms with E-state index in [1.807, 2.05) is 19.1 Å². The van der Waals surface area contributed by atoms with E-state index >= 15 is 0 Å². The van der Waals surface area contributed by atoms with Gasteiger partial charge in [-0.15, -0.1) is 0 Å². The molecule has 0 aromatic heterocycles. The van der Waals surface area contributed by atoms with Gasteiger partial charge in [0.25, 0.3) is 0 Å². The molecule has 3 saturated carbocycles. The van der Waals surface area contributed by atoms with Crippen LogP contribution in [0.5, 0.6) is 0 Å². The largest absolute Gasteiger partial charge is 0.462 e. The molecule has 4 atom stereocenters. The lowest BCUT2D eigenvalue weighted by molar-refractivity contribution is -0.139. The Kier molecular flexibility index (Phi) is 4.96. The number of hydrogen-bond acceptors (Lipinski definition) is 4. The number of fused-ring (bicyclic) bond motifs is 2. The number of carbonyl (C=O) groups excluding carboxylic acids is 1. The zero-order valence-electron chi connectivity index (χ0n) is 17.3. The minimum Gasteiger partial charge on any atom is -0.462 e. The van der Waals surface area contributed by atoms with Crippen LogP contribution in [0.15, 0.2) is 24.3 Å². The lowest BCUT2D eigenvalue weighted by Gasteiger charge is -2.64. The number of anilines is 1. The average Bonchev–Trinajstić information content (AvgIpc) is 2.68. The summed E-state index contributed by atoms with van der Waals surface area (Å²) in [6.07, 6.45) is 2.84. The van der Waals surface area contributed by atoms with Crippen molar-refractivity contribution in [3.8, 4) is 0 Å². The van der Waals surface area contributed by atoms with Gasteiger partial charge in [-0.05, 0) is 67.2 Å². The van der Waals surface area contributed by atoms with Crippen molar-refractivity contribution >= 4 is 11.7 Å². The second-order valence-electron chi connectivity index (χ2n) is 9.31. The summed E-state index contributed by atoms with van der Waals surface area (Å²) in [5.74, 6) is 2.42. The molecule has 0 N–H and O–H groups in total. The van der Waals surface area contributed by atoms with E-state index in [9.17, 15) is 4.79 Å². The molecule has 1 aromatic rings. The summed E-state index contributed by atoms with van der Waals surface area (Å²) in [5, 5.41) is 0. The van der Waals surface area contributed by atoms with Crippen LogP contribution >= 0.6 is 0 Å². The Morgan fingerprint density at radius 1 is 1.11 bits per heavy atom. The van der Waals surface area contributed by atoms with E-state index in [1.54, 1.807) is 0 Å². The number of nitrogens with zero attached hydrogens (tertiary/aromatic N) is 2. The summed E-state index contributed by atoms with van der Waals surface area (Å²) in [6.45, 7) is 14.1. The van der Waals surface area contributed by atoms with Gasteiger partial charge in [-0.25, -0.2) is 4.79 Å². The van der Waals surface area contributed by atoms with Gasteiger partial charge in [-0.1, -0.05) is 20.8 Å². The second-order valence-corrected chi connectivity index (χ2v) is 9.31. The van der Waals surface area contributed by atoms with Crippen LogP contribution in [0.25, 0.3) is 0 Å². The van der Waals surface area contributed by atoms with Crippen molar-refractivity contribution in [3.63, 3.8) is 0 Å². The predicted octanol–water partition coefficient (Wildman–Crippen LogP) is 4.06. The van der Waals surface area contributed by atoms with Gasteiger partial charge < -0.3 is 9.64 Å². The lowest BCUT2D eigenvalue weighted by Crippen LogP contribution is -2.63. The van der Waals surface area contributed by atoms with Gasteiger partial charge in [0.1, 0.15) is 0 Å². The van der Waals surface area contributed by atoms with E-state index in [0.29, 0.717) is 17.6 Å². The van der Waals surface area contributed by atoms with Gasteiger partial charge in [0, 0.05) is 37.9 Å². The number of ether oxygens (including phenoxy) is 1. The van der Waals surface area contributed by atoms with Crippen molar-refractivity contribution < 1.29 is 9.53 Å². The quantitative estimate of drug-likeness (QED) is 0.749. The van der Waals surface area contributed by atoms with E-state index in [0.717, 1.165) is 50.0 Å². The monoisotopic (exact) mass is 370 g/mol. The Balaban J connectivity index is 1.34. The molecular weight excluding hydrogens is 336 g/mol. The summed E-state index contributed by atoms with van der Waals surface area (Å²) >= 11 is 0. The number of benzene rings is 1. The third kappa shape index (κ3) is 3.26. The van der Waals surface area contributed by atoms with Gasteiger partial charge in [0.2, 0.25) is 0 Å². The summed E-state index contributed by atoms with van der Waals surface area (Å²) < 4.78 is 5.07. The molecule has 4 nitrogen and oxygen atoms in total. The predicted molar refractivity (Wildman–Crippen MR) is 109 cm³/mol. The van der Waals surface area contributed by atoms with Gasteiger partial charge in [0.05, 0.1) is 12.2 Å². The van der Waals surface area contributed by atoms with Crippen molar-refractivity contribution in [1.29, 1.82) is 0 Å². The lowest BCUT2D eigenvalue weighted by atomic mass is 9.44. The minimum atomic E-state index is -0.235. The highest BCUT2D eigenvalue weighted by Gasteiger charge is 2.57. The fourth-order valence-electron chi connectivity index (χ4n) is 5.94. The van der Waals surface area contributed by atoms with Crippen LogP contribution in [0.4, 0.5) is 5.69 Å². The average molecular weight is 371 g/mol.